The zero-order valence-corrected chi connectivity index (χ0v) is 18.1. The van der Waals surface area contributed by atoms with Crippen molar-refractivity contribution in [2.45, 2.75) is 26.5 Å². The summed E-state index contributed by atoms with van der Waals surface area (Å²) in [7, 11) is 2.03. The van der Waals surface area contributed by atoms with Gasteiger partial charge >= 0.3 is 0 Å². The maximum atomic E-state index is 6.04. The molecular formula is C20H29IN4O. The second-order valence-electron chi connectivity index (χ2n) is 6.52. The molecule has 1 aromatic carbocycles. The standard InChI is InChI=1S/C20H28N4O.HI/c1-4-21-20(22-13-17-9-10-23(3)14-17)24-11-12-25-19(15-24)18-8-6-5-7-16(18)2;/h5-10,14,19H,4,11-13,15H2,1-3H3,(H,21,22);1H. The Bertz CT molecular complexity index is 728. The number of aryl methyl sites for hydroxylation is 2. The molecule has 0 radical (unpaired) electrons. The average molecular weight is 468 g/mol. The van der Waals surface area contributed by atoms with E-state index in [1.54, 1.807) is 0 Å². The summed E-state index contributed by atoms with van der Waals surface area (Å²) in [5.74, 6) is 0.966. The van der Waals surface area contributed by atoms with Crippen molar-refractivity contribution >= 4 is 29.9 Å². The molecule has 1 unspecified atom stereocenters. The molecule has 1 aromatic heterocycles. The van der Waals surface area contributed by atoms with Gasteiger partial charge in [0, 0.05) is 32.5 Å². The fourth-order valence-corrected chi connectivity index (χ4v) is 3.22. The Morgan fingerprint density at radius 2 is 2.12 bits per heavy atom. The zero-order chi connectivity index (χ0) is 17.6. The molecule has 0 aliphatic carbocycles. The van der Waals surface area contributed by atoms with Crippen LogP contribution in [0, 0.1) is 6.92 Å². The van der Waals surface area contributed by atoms with Crippen molar-refractivity contribution in [2.75, 3.05) is 26.2 Å². The Morgan fingerprint density at radius 1 is 1.31 bits per heavy atom. The van der Waals surface area contributed by atoms with Crippen LogP contribution in [0.4, 0.5) is 0 Å². The summed E-state index contributed by atoms with van der Waals surface area (Å²) in [6, 6.07) is 10.6. The Hall–Kier alpha value is -1.54. The first kappa shape index (κ1) is 20.8. The molecule has 2 heterocycles. The van der Waals surface area contributed by atoms with Crippen molar-refractivity contribution in [2.24, 2.45) is 12.0 Å². The molecule has 1 aliphatic rings. The molecule has 0 saturated carbocycles. The molecule has 1 aliphatic heterocycles. The van der Waals surface area contributed by atoms with Crippen molar-refractivity contribution in [3.63, 3.8) is 0 Å². The van der Waals surface area contributed by atoms with Crippen LogP contribution in [0.15, 0.2) is 47.7 Å². The number of benzene rings is 1. The highest BCUT2D eigenvalue weighted by molar-refractivity contribution is 14.0. The highest BCUT2D eigenvalue weighted by Crippen LogP contribution is 2.25. The van der Waals surface area contributed by atoms with Gasteiger partial charge in [0.15, 0.2) is 5.96 Å². The van der Waals surface area contributed by atoms with Crippen LogP contribution in [0.5, 0.6) is 0 Å². The summed E-state index contributed by atoms with van der Waals surface area (Å²) in [5, 5.41) is 3.43. The number of aromatic nitrogens is 1. The lowest BCUT2D eigenvalue weighted by Crippen LogP contribution is -2.48. The molecule has 6 heteroatoms. The predicted octanol–water partition coefficient (Wildman–Crippen LogP) is 3.49. The van der Waals surface area contributed by atoms with Gasteiger partial charge in [0.2, 0.25) is 0 Å². The van der Waals surface area contributed by atoms with Gasteiger partial charge in [-0.25, -0.2) is 4.99 Å². The molecule has 2 aromatic rings. The first-order valence-electron chi connectivity index (χ1n) is 8.98. The van der Waals surface area contributed by atoms with E-state index in [1.807, 2.05) is 7.05 Å². The monoisotopic (exact) mass is 468 g/mol. The van der Waals surface area contributed by atoms with Crippen molar-refractivity contribution in [1.82, 2.24) is 14.8 Å². The molecule has 0 bridgehead atoms. The quantitative estimate of drug-likeness (QED) is 0.425. The van der Waals surface area contributed by atoms with Gasteiger partial charge in [-0.2, -0.15) is 0 Å². The molecule has 5 nitrogen and oxygen atoms in total. The van der Waals surface area contributed by atoms with Crippen LogP contribution in [-0.4, -0.2) is 41.7 Å². The smallest absolute Gasteiger partial charge is 0.194 e. The number of ether oxygens (including phenoxy) is 1. The largest absolute Gasteiger partial charge is 0.370 e. The van der Waals surface area contributed by atoms with E-state index in [0.29, 0.717) is 6.54 Å². The van der Waals surface area contributed by atoms with Gasteiger partial charge < -0.3 is 19.5 Å². The third-order valence-electron chi connectivity index (χ3n) is 4.54. The highest BCUT2D eigenvalue weighted by atomic mass is 127. The third-order valence-corrected chi connectivity index (χ3v) is 4.54. The summed E-state index contributed by atoms with van der Waals surface area (Å²) < 4.78 is 8.10. The van der Waals surface area contributed by atoms with E-state index in [9.17, 15) is 0 Å². The molecule has 0 amide bonds. The molecule has 1 saturated heterocycles. The first-order valence-corrected chi connectivity index (χ1v) is 8.98. The van der Waals surface area contributed by atoms with Gasteiger partial charge in [-0.1, -0.05) is 24.3 Å². The van der Waals surface area contributed by atoms with E-state index < -0.39 is 0 Å². The summed E-state index contributed by atoms with van der Waals surface area (Å²) >= 11 is 0. The Morgan fingerprint density at radius 3 is 2.81 bits per heavy atom. The Labute approximate surface area is 173 Å². The molecule has 0 spiro atoms. The topological polar surface area (TPSA) is 41.8 Å². The number of guanidine groups is 1. The molecule has 3 rings (SSSR count). The molecule has 1 N–H and O–H groups in total. The van der Waals surface area contributed by atoms with E-state index in [4.69, 9.17) is 9.73 Å². The van der Waals surface area contributed by atoms with Crippen LogP contribution in [0.1, 0.15) is 29.7 Å². The normalized spacial score (nSPS) is 17.7. The van der Waals surface area contributed by atoms with E-state index in [-0.39, 0.29) is 30.1 Å². The number of aliphatic imine (C=N–C) groups is 1. The summed E-state index contributed by atoms with van der Waals surface area (Å²) in [4.78, 5) is 7.15. The maximum absolute atomic E-state index is 6.04. The number of nitrogens with one attached hydrogen (secondary N) is 1. The van der Waals surface area contributed by atoms with Crippen LogP contribution < -0.4 is 5.32 Å². The SMILES string of the molecule is CCNC(=NCc1ccn(C)c1)N1CCOC(c2ccccc2C)C1.I. The molecule has 1 fully saturated rings. The zero-order valence-electron chi connectivity index (χ0n) is 15.8. The summed E-state index contributed by atoms with van der Waals surface area (Å²) in [6.45, 7) is 8.21. The minimum Gasteiger partial charge on any atom is -0.370 e. The first-order chi connectivity index (χ1) is 12.2. The van der Waals surface area contributed by atoms with Gasteiger partial charge in [-0.15, -0.1) is 24.0 Å². The van der Waals surface area contributed by atoms with Crippen molar-refractivity contribution in [3.8, 4) is 0 Å². The van der Waals surface area contributed by atoms with Gasteiger partial charge in [0.05, 0.1) is 19.7 Å². The molecule has 26 heavy (non-hydrogen) atoms. The van der Waals surface area contributed by atoms with Gasteiger partial charge in [0.25, 0.3) is 0 Å². The van der Waals surface area contributed by atoms with Crippen molar-refractivity contribution in [1.29, 1.82) is 0 Å². The molecular weight excluding hydrogens is 439 g/mol. The number of hydrogen-bond acceptors (Lipinski definition) is 2. The van der Waals surface area contributed by atoms with Crippen LogP contribution >= 0.6 is 24.0 Å². The number of halogens is 1. The van der Waals surface area contributed by atoms with Crippen molar-refractivity contribution < 1.29 is 4.74 Å². The molecule has 142 valence electrons. The van der Waals surface area contributed by atoms with E-state index in [1.165, 1.54) is 16.7 Å². The van der Waals surface area contributed by atoms with E-state index in [0.717, 1.165) is 32.2 Å². The van der Waals surface area contributed by atoms with E-state index >= 15 is 0 Å². The average Bonchev–Trinajstić information content (AvgIpc) is 3.04. The number of rotatable bonds is 4. The fraction of sp³-hybridized carbons (Fsp3) is 0.450. The lowest BCUT2D eigenvalue weighted by molar-refractivity contribution is -0.00834. The lowest BCUT2D eigenvalue weighted by atomic mass is 10.0. The van der Waals surface area contributed by atoms with Crippen LogP contribution in [0.2, 0.25) is 0 Å². The third kappa shape index (κ3) is 5.23. The predicted molar refractivity (Wildman–Crippen MR) is 117 cm³/mol. The second kappa shape index (κ2) is 9.97. The minimum absolute atomic E-state index is 0. The van der Waals surface area contributed by atoms with Gasteiger partial charge in [0.1, 0.15) is 6.10 Å². The summed E-state index contributed by atoms with van der Waals surface area (Å²) in [5.41, 5.74) is 3.77. The second-order valence-corrected chi connectivity index (χ2v) is 6.52. The number of hydrogen-bond donors (Lipinski definition) is 1. The Kier molecular flexibility index (Phi) is 7.96. The van der Waals surface area contributed by atoms with Crippen LogP contribution in [0.25, 0.3) is 0 Å². The fourth-order valence-electron chi connectivity index (χ4n) is 3.22. The molecule has 1 atom stereocenters. The van der Waals surface area contributed by atoms with Crippen molar-refractivity contribution in [3.05, 3.63) is 59.4 Å². The lowest BCUT2D eigenvalue weighted by Gasteiger charge is -2.35. The number of morpholine rings is 1. The van der Waals surface area contributed by atoms with Crippen LogP contribution in [0.3, 0.4) is 0 Å². The Balaban J connectivity index is 0.00000243. The van der Waals surface area contributed by atoms with E-state index in [2.05, 4.69) is 71.4 Å². The van der Waals surface area contributed by atoms with Gasteiger partial charge in [-0.05, 0) is 36.6 Å². The highest BCUT2D eigenvalue weighted by Gasteiger charge is 2.25. The maximum Gasteiger partial charge on any atom is 0.194 e. The van der Waals surface area contributed by atoms with Crippen LogP contribution in [-0.2, 0) is 18.3 Å². The summed E-state index contributed by atoms with van der Waals surface area (Å²) in [6.07, 6.45) is 4.26. The minimum atomic E-state index is 0. The number of nitrogens with zero attached hydrogens (tertiary/aromatic N) is 3. The van der Waals surface area contributed by atoms with Gasteiger partial charge in [-0.3, -0.25) is 0 Å².